The van der Waals surface area contributed by atoms with Gasteiger partial charge in [-0.25, -0.2) is 4.79 Å². The van der Waals surface area contributed by atoms with E-state index in [2.05, 4.69) is 58.2 Å². The van der Waals surface area contributed by atoms with E-state index in [1.807, 2.05) is 42.5 Å². The van der Waals surface area contributed by atoms with Crippen LogP contribution in [0, 0.1) is 0 Å². The number of aliphatic hydroxyl groups excluding tert-OH is 2. The highest BCUT2D eigenvalue weighted by molar-refractivity contribution is 6.99. The summed E-state index contributed by atoms with van der Waals surface area (Å²) < 4.78 is 17.9. The molecule has 0 fully saturated rings. The van der Waals surface area contributed by atoms with Crippen LogP contribution in [0.15, 0.2) is 86.0 Å². The predicted molar refractivity (Wildman–Crippen MR) is 169 cm³/mol. The minimum absolute atomic E-state index is 0.114. The van der Waals surface area contributed by atoms with Crippen LogP contribution < -0.4 is 10.4 Å². The number of rotatable bonds is 15. The van der Waals surface area contributed by atoms with Gasteiger partial charge in [-0.1, -0.05) is 93.6 Å². The van der Waals surface area contributed by atoms with E-state index in [9.17, 15) is 15.0 Å². The fraction of sp³-hybridized carbons (Fsp3) is 0.500. The Morgan fingerprint density at radius 2 is 1.22 bits per heavy atom. The van der Waals surface area contributed by atoms with Gasteiger partial charge in [-0.05, 0) is 55.4 Å². The van der Waals surface area contributed by atoms with Crippen LogP contribution in [0.5, 0.6) is 0 Å². The van der Waals surface area contributed by atoms with Crippen molar-refractivity contribution in [2.75, 3.05) is 0 Å². The van der Waals surface area contributed by atoms with E-state index in [4.69, 9.17) is 13.9 Å². The zero-order valence-electron chi connectivity index (χ0n) is 25.7. The van der Waals surface area contributed by atoms with Gasteiger partial charge in [-0.3, -0.25) is 0 Å². The van der Waals surface area contributed by atoms with Crippen molar-refractivity contribution in [1.29, 1.82) is 0 Å². The molecule has 0 aliphatic carbocycles. The van der Waals surface area contributed by atoms with Crippen molar-refractivity contribution < 1.29 is 28.9 Å². The summed E-state index contributed by atoms with van der Waals surface area (Å²) in [6.45, 7) is 19.6. The second-order valence-corrected chi connectivity index (χ2v) is 16.9. The quantitative estimate of drug-likeness (QED) is 0.146. The Kier molecular flexibility index (Phi) is 13.0. The van der Waals surface area contributed by atoms with Crippen molar-refractivity contribution in [2.45, 2.75) is 109 Å². The van der Waals surface area contributed by atoms with Crippen LogP contribution >= 0.6 is 0 Å². The third kappa shape index (κ3) is 10.6. The van der Waals surface area contributed by atoms with Crippen LogP contribution in [0.1, 0.15) is 73.6 Å². The second kappa shape index (κ2) is 15.5. The summed E-state index contributed by atoms with van der Waals surface area (Å²) in [5, 5.41) is 24.1. The van der Waals surface area contributed by atoms with Crippen LogP contribution in [0.2, 0.25) is 5.04 Å². The average Bonchev–Trinajstić information content (AvgIpc) is 2.86. The number of carbonyl (C=O) groups excluding carboxylic acids is 1. The minimum atomic E-state index is -2.84. The first-order valence-electron chi connectivity index (χ1n) is 14.5. The molecule has 226 valence electrons. The molecule has 4 atom stereocenters. The van der Waals surface area contributed by atoms with Gasteiger partial charge in [0, 0.05) is 12.8 Å². The summed E-state index contributed by atoms with van der Waals surface area (Å²) in [5.74, 6) is 0. The minimum Gasteiger partial charge on any atom is -0.431 e. The van der Waals surface area contributed by atoms with Crippen LogP contribution in [0.4, 0.5) is 4.79 Å². The maximum Gasteiger partial charge on any atom is 0.509 e. The summed E-state index contributed by atoms with van der Waals surface area (Å²) in [5.41, 5.74) is -0.685. The Bertz CT molecular complexity index is 1030. The van der Waals surface area contributed by atoms with Gasteiger partial charge in [-0.15, -0.1) is 13.2 Å². The molecule has 41 heavy (non-hydrogen) atoms. The van der Waals surface area contributed by atoms with Crippen molar-refractivity contribution in [3.8, 4) is 0 Å². The molecule has 0 aliphatic rings. The molecule has 0 unspecified atom stereocenters. The van der Waals surface area contributed by atoms with Crippen molar-refractivity contribution in [2.24, 2.45) is 0 Å². The maximum absolute atomic E-state index is 12.2. The SMILES string of the molecule is C=CC[C@H](C[C@H](O)C[C@H](O)C[C@@H](CC=C)O[Si](c1ccccc1)(c1ccccc1)C(C)(C)C)OC(=O)OC(C)(C)C. The largest absolute Gasteiger partial charge is 0.509 e. The van der Waals surface area contributed by atoms with Crippen molar-refractivity contribution in [3.63, 3.8) is 0 Å². The molecule has 0 aliphatic heterocycles. The van der Waals surface area contributed by atoms with Gasteiger partial charge in [0.2, 0.25) is 0 Å². The molecule has 0 heterocycles. The maximum atomic E-state index is 12.2. The van der Waals surface area contributed by atoms with Crippen LogP contribution in [-0.2, 0) is 13.9 Å². The summed E-state index contributed by atoms with van der Waals surface area (Å²) >= 11 is 0. The van der Waals surface area contributed by atoms with Gasteiger partial charge in [0.15, 0.2) is 0 Å². The Morgan fingerprint density at radius 3 is 1.63 bits per heavy atom. The topological polar surface area (TPSA) is 85.2 Å². The van der Waals surface area contributed by atoms with Crippen LogP contribution in [0.25, 0.3) is 0 Å². The molecule has 2 aromatic rings. The molecule has 2 rings (SSSR count). The molecule has 2 N–H and O–H groups in total. The third-order valence-electron chi connectivity index (χ3n) is 6.89. The highest BCUT2D eigenvalue weighted by atomic mass is 28.4. The summed E-state index contributed by atoms with van der Waals surface area (Å²) in [6, 6.07) is 20.7. The highest BCUT2D eigenvalue weighted by Gasteiger charge is 2.51. The molecule has 6 nitrogen and oxygen atoms in total. The zero-order chi connectivity index (χ0) is 30.7. The molecule has 0 saturated carbocycles. The Morgan fingerprint density at radius 1 is 0.780 bits per heavy atom. The van der Waals surface area contributed by atoms with Gasteiger partial charge in [0.25, 0.3) is 8.32 Å². The highest BCUT2D eigenvalue weighted by Crippen LogP contribution is 2.38. The van der Waals surface area contributed by atoms with Gasteiger partial charge in [0.1, 0.15) is 11.7 Å². The number of benzene rings is 2. The molecular weight excluding hydrogens is 532 g/mol. The molecule has 0 bridgehead atoms. The number of hydrogen-bond acceptors (Lipinski definition) is 6. The molecule has 0 spiro atoms. The molecule has 0 radical (unpaired) electrons. The lowest BCUT2D eigenvalue weighted by Crippen LogP contribution is -2.67. The molecular formula is C34H50O6Si. The van der Waals surface area contributed by atoms with Gasteiger partial charge < -0.3 is 24.1 Å². The number of hydrogen-bond donors (Lipinski definition) is 2. The van der Waals surface area contributed by atoms with E-state index >= 15 is 0 Å². The third-order valence-corrected chi connectivity index (χ3v) is 12.0. The monoisotopic (exact) mass is 582 g/mol. The van der Waals surface area contributed by atoms with Gasteiger partial charge >= 0.3 is 6.16 Å². The van der Waals surface area contributed by atoms with E-state index in [-0.39, 0.29) is 24.0 Å². The normalized spacial score (nSPS) is 15.3. The predicted octanol–water partition coefficient (Wildman–Crippen LogP) is 6.30. The Hall–Kier alpha value is -2.71. The Balaban J connectivity index is 2.23. The summed E-state index contributed by atoms with van der Waals surface area (Å²) in [6.07, 6.45) is 1.53. The van der Waals surface area contributed by atoms with E-state index in [1.54, 1.807) is 26.8 Å². The van der Waals surface area contributed by atoms with Crippen LogP contribution in [-0.4, -0.2) is 54.7 Å². The first-order valence-corrected chi connectivity index (χ1v) is 16.4. The van der Waals surface area contributed by atoms with Gasteiger partial charge in [0.05, 0.1) is 18.3 Å². The van der Waals surface area contributed by atoms with E-state index in [0.717, 1.165) is 10.4 Å². The molecule has 0 aromatic heterocycles. The number of aliphatic hydroxyl groups is 2. The zero-order valence-corrected chi connectivity index (χ0v) is 26.7. The fourth-order valence-electron chi connectivity index (χ4n) is 5.22. The molecule has 7 heteroatoms. The lowest BCUT2D eigenvalue weighted by Gasteiger charge is -2.45. The molecule has 2 aromatic carbocycles. The first-order chi connectivity index (χ1) is 19.2. The smallest absolute Gasteiger partial charge is 0.431 e. The van der Waals surface area contributed by atoms with Crippen molar-refractivity contribution in [1.82, 2.24) is 0 Å². The van der Waals surface area contributed by atoms with E-state index in [1.165, 1.54) is 0 Å². The summed E-state index contributed by atoms with van der Waals surface area (Å²) in [4.78, 5) is 12.2. The lowest BCUT2D eigenvalue weighted by atomic mass is 9.99. The van der Waals surface area contributed by atoms with E-state index in [0.29, 0.717) is 19.3 Å². The van der Waals surface area contributed by atoms with Crippen molar-refractivity contribution in [3.05, 3.63) is 86.0 Å². The van der Waals surface area contributed by atoms with Gasteiger partial charge in [-0.2, -0.15) is 0 Å². The molecule has 0 saturated heterocycles. The summed E-state index contributed by atoms with van der Waals surface area (Å²) in [7, 11) is -2.84. The second-order valence-electron chi connectivity index (χ2n) is 12.7. The number of ether oxygens (including phenoxy) is 2. The lowest BCUT2D eigenvalue weighted by molar-refractivity contribution is -0.0393. The number of carbonyl (C=O) groups is 1. The Labute approximate surface area is 248 Å². The van der Waals surface area contributed by atoms with Crippen LogP contribution in [0.3, 0.4) is 0 Å². The standard InChI is InChI=1S/C34H50O6Si/c1-9-17-28(38-32(37)39-33(3,4)5)24-26(35)23-27(36)25-29(18-10-2)40-41(34(6,7)8,30-19-13-11-14-20-30)31-21-15-12-16-22-31/h9-16,19-22,26-29,35-36H,1-2,17-18,23-25H2,3-8H3/t26-,27+,28-,29-/m1/s1. The first kappa shape index (κ1) is 34.5. The molecule has 0 amide bonds. The average molecular weight is 583 g/mol. The van der Waals surface area contributed by atoms with E-state index < -0.39 is 38.4 Å². The fourth-order valence-corrected chi connectivity index (χ4v) is 9.93. The van der Waals surface area contributed by atoms with Crippen molar-refractivity contribution >= 4 is 24.8 Å².